The highest BCUT2D eigenvalue weighted by molar-refractivity contribution is 9.11. The van der Waals surface area contributed by atoms with Gasteiger partial charge in [0.2, 0.25) is 0 Å². The van der Waals surface area contributed by atoms with E-state index in [0.717, 1.165) is 15.0 Å². The van der Waals surface area contributed by atoms with Crippen molar-refractivity contribution in [2.45, 2.75) is 18.8 Å². The van der Waals surface area contributed by atoms with Crippen LogP contribution in [0.3, 0.4) is 0 Å². The Hall–Kier alpha value is 0.110. The zero-order valence-electron chi connectivity index (χ0n) is 5.85. The van der Waals surface area contributed by atoms with Crippen LogP contribution < -0.4 is 0 Å². The second-order valence-corrected chi connectivity index (χ2v) is 4.54. The third-order valence-electron chi connectivity index (χ3n) is 1.77. The number of halogens is 2. The van der Waals surface area contributed by atoms with Gasteiger partial charge in [0.1, 0.15) is 4.60 Å². The van der Waals surface area contributed by atoms with Gasteiger partial charge in [-0.3, -0.25) is 0 Å². The zero-order valence-corrected chi connectivity index (χ0v) is 9.02. The molecule has 1 saturated carbocycles. The monoisotopic (exact) mass is 275 g/mol. The highest BCUT2D eigenvalue weighted by Crippen LogP contribution is 2.40. The Labute approximate surface area is 82.5 Å². The van der Waals surface area contributed by atoms with Gasteiger partial charge < -0.3 is 0 Å². The molecule has 0 unspecified atom stereocenters. The molecule has 0 N–H and O–H groups in total. The summed E-state index contributed by atoms with van der Waals surface area (Å²) >= 11 is 6.81. The SMILES string of the molecule is Brc1cc(Br)nc(C2CC2)c1. The third kappa shape index (κ3) is 1.82. The van der Waals surface area contributed by atoms with Crippen LogP contribution >= 0.6 is 31.9 Å². The van der Waals surface area contributed by atoms with Gasteiger partial charge in [-0.15, -0.1) is 0 Å². The Kier molecular flexibility index (Phi) is 2.02. The van der Waals surface area contributed by atoms with Crippen molar-refractivity contribution in [1.82, 2.24) is 4.98 Å². The number of pyridine rings is 1. The lowest BCUT2D eigenvalue weighted by molar-refractivity contribution is 1.01. The van der Waals surface area contributed by atoms with Crippen LogP contribution in [0.2, 0.25) is 0 Å². The maximum Gasteiger partial charge on any atom is 0.107 e. The van der Waals surface area contributed by atoms with E-state index in [1.807, 2.05) is 6.07 Å². The van der Waals surface area contributed by atoms with E-state index >= 15 is 0 Å². The number of nitrogens with zero attached hydrogens (tertiary/aromatic N) is 1. The van der Waals surface area contributed by atoms with Crippen molar-refractivity contribution in [1.29, 1.82) is 0 Å². The molecule has 0 bridgehead atoms. The molecule has 0 amide bonds. The highest BCUT2D eigenvalue weighted by Gasteiger charge is 2.25. The van der Waals surface area contributed by atoms with Gasteiger partial charge >= 0.3 is 0 Å². The number of rotatable bonds is 1. The van der Waals surface area contributed by atoms with E-state index in [4.69, 9.17) is 0 Å². The van der Waals surface area contributed by atoms with E-state index in [9.17, 15) is 0 Å². The first-order valence-electron chi connectivity index (χ1n) is 3.59. The molecular weight excluding hydrogens is 270 g/mol. The summed E-state index contributed by atoms with van der Waals surface area (Å²) in [5, 5.41) is 0. The summed E-state index contributed by atoms with van der Waals surface area (Å²) in [6.45, 7) is 0. The van der Waals surface area contributed by atoms with Crippen LogP contribution in [0, 0.1) is 0 Å². The maximum absolute atomic E-state index is 4.38. The largest absolute Gasteiger partial charge is 0.246 e. The Morgan fingerprint density at radius 2 is 2.00 bits per heavy atom. The summed E-state index contributed by atoms with van der Waals surface area (Å²) in [4.78, 5) is 4.38. The quantitative estimate of drug-likeness (QED) is 0.716. The van der Waals surface area contributed by atoms with Gasteiger partial charge in [0, 0.05) is 16.1 Å². The first kappa shape index (κ1) is 7.74. The van der Waals surface area contributed by atoms with Gasteiger partial charge in [0.15, 0.2) is 0 Å². The average Bonchev–Trinajstić information content (AvgIpc) is 2.64. The lowest BCUT2D eigenvalue weighted by atomic mass is 10.2. The van der Waals surface area contributed by atoms with Crippen molar-refractivity contribution < 1.29 is 0 Å². The first-order valence-corrected chi connectivity index (χ1v) is 5.17. The van der Waals surface area contributed by atoms with E-state index in [1.165, 1.54) is 18.5 Å². The molecule has 1 aliphatic rings. The molecule has 11 heavy (non-hydrogen) atoms. The zero-order chi connectivity index (χ0) is 7.84. The Morgan fingerprint density at radius 3 is 2.55 bits per heavy atom. The van der Waals surface area contributed by atoms with Crippen LogP contribution in [-0.2, 0) is 0 Å². The van der Waals surface area contributed by atoms with Gasteiger partial charge in [0.25, 0.3) is 0 Å². The Morgan fingerprint density at radius 1 is 1.27 bits per heavy atom. The normalized spacial score (nSPS) is 16.9. The molecule has 0 spiro atoms. The summed E-state index contributed by atoms with van der Waals surface area (Å²) in [6, 6.07) is 4.06. The molecule has 1 aliphatic carbocycles. The first-order chi connectivity index (χ1) is 5.25. The van der Waals surface area contributed by atoms with E-state index < -0.39 is 0 Å². The topological polar surface area (TPSA) is 12.9 Å². The molecule has 3 heteroatoms. The Balaban J connectivity index is 2.39. The lowest BCUT2D eigenvalue weighted by Crippen LogP contribution is -1.86. The molecule has 1 nitrogen and oxygen atoms in total. The van der Waals surface area contributed by atoms with Gasteiger partial charge in [-0.05, 0) is 40.9 Å². The van der Waals surface area contributed by atoms with Crippen molar-refractivity contribution in [3.8, 4) is 0 Å². The van der Waals surface area contributed by atoms with Crippen LogP contribution in [0.25, 0.3) is 0 Å². The van der Waals surface area contributed by atoms with Gasteiger partial charge in [0.05, 0.1) is 0 Å². The minimum atomic E-state index is 0.726. The molecule has 2 rings (SSSR count). The van der Waals surface area contributed by atoms with Crippen LogP contribution in [0.15, 0.2) is 21.2 Å². The Bertz CT molecular complexity index is 261. The van der Waals surface area contributed by atoms with Crippen LogP contribution in [-0.4, -0.2) is 4.98 Å². The molecule has 0 saturated heterocycles. The van der Waals surface area contributed by atoms with Crippen LogP contribution in [0.4, 0.5) is 0 Å². The summed E-state index contributed by atoms with van der Waals surface area (Å²) < 4.78 is 2.04. The predicted molar refractivity (Wildman–Crippen MR) is 51.6 cm³/mol. The summed E-state index contributed by atoms with van der Waals surface area (Å²) in [6.07, 6.45) is 2.60. The van der Waals surface area contributed by atoms with E-state index in [0.29, 0.717) is 0 Å². The van der Waals surface area contributed by atoms with Crippen molar-refractivity contribution in [2.75, 3.05) is 0 Å². The number of hydrogen-bond donors (Lipinski definition) is 0. The number of aromatic nitrogens is 1. The molecule has 0 atom stereocenters. The molecule has 0 radical (unpaired) electrons. The third-order valence-corrected chi connectivity index (χ3v) is 2.64. The number of hydrogen-bond acceptors (Lipinski definition) is 1. The standard InChI is InChI=1S/C8H7Br2N/c9-6-3-7(5-1-2-5)11-8(10)4-6/h3-5H,1-2H2. The molecule has 1 aromatic rings. The molecular formula is C8H7Br2N. The van der Waals surface area contributed by atoms with Crippen molar-refractivity contribution in [2.24, 2.45) is 0 Å². The maximum atomic E-state index is 4.38. The summed E-state index contributed by atoms with van der Waals surface area (Å²) in [7, 11) is 0. The molecule has 58 valence electrons. The van der Waals surface area contributed by atoms with Crippen molar-refractivity contribution >= 4 is 31.9 Å². The van der Waals surface area contributed by atoms with E-state index in [2.05, 4.69) is 42.9 Å². The molecule has 0 aliphatic heterocycles. The second kappa shape index (κ2) is 2.87. The molecule has 1 fully saturated rings. The molecule has 1 heterocycles. The average molecular weight is 277 g/mol. The van der Waals surface area contributed by atoms with Gasteiger partial charge in [-0.2, -0.15) is 0 Å². The van der Waals surface area contributed by atoms with Crippen molar-refractivity contribution in [3.63, 3.8) is 0 Å². The predicted octanol–water partition coefficient (Wildman–Crippen LogP) is 3.48. The molecule has 1 aromatic heterocycles. The van der Waals surface area contributed by atoms with E-state index in [1.54, 1.807) is 0 Å². The van der Waals surface area contributed by atoms with Crippen LogP contribution in [0.1, 0.15) is 24.5 Å². The van der Waals surface area contributed by atoms with Crippen LogP contribution in [0.5, 0.6) is 0 Å². The van der Waals surface area contributed by atoms with Gasteiger partial charge in [-0.1, -0.05) is 15.9 Å². The minimum absolute atomic E-state index is 0.726. The van der Waals surface area contributed by atoms with E-state index in [-0.39, 0.29) is 0 Å². The summed E-state index contributed by atoms with van der Waals surface area (Å²) in [5.74, 6) is 0.726. The fourth-order valence-electron chi connectivity index (χ4n) is 1.07. The second-order valence-electron chi connectivity index (χ2n) is 2.81. The summed E-state index contributed by atoms with van der Waals surface area (Å²) in [5.41, 5.74) is 1.21. The van der Waals surface area contributed by atoms with Gasteiger partial charge in [-0.25, -0.2) is 4.98 Å². The lowest BCUT2D eigenvalue weighted by Gasteiger charge is -1.98. The fourth-order valence-corrected chi connectivity index (χ4v) is 2.28. The van der Waals surface area contributed by atoms with Crippen molar-refractivity contribution in [3.05, 3.63) is 26.9 Å². The smallest absolute Gasteiger partial charge is 0.107 e. The fraction of sp³-hybridized carbons (Fsp3) is 0.375. The molecule has 0 aromatic carbocycles. The minimum Gasteiger partial charge on any atom is -0.246 e. The highest BCUT2D eigenvalue weighted by atomic mass is 79.9.